The number of carbonyl (C=O) groups excluding carboxylic acids is 1. The molecule has 0 saturated carbocycles. The molecule has 0 spiro atoms. The lowest BCUT2D eigenvalue weighted by atomic mass is 10.0. The van der Waals surface area contributed by atoms with Crippen LogP contribution in [0.4, 0.5) is 0 Å². The average Bonchev–Trinajstić information content (AvgIpc) is 2.82. The van der Waals surface area contributed by atoms with Crippen molar-refractivity contribution in [1.29, 1.82) is 0 Å². The third-order valence-electron chi connectivity index (χ3n) is 4.06. The normalized spacial score (nSPS) is 15.1. The van der Waals surface area contributed by atoms with E-state index in [9.17, 15) is 4.79 Å². The number of aromatic nitrogens is 1. The molecule has 112 valence electrons. The monoisotopic (exact) mass is 292 g/mol. The van der Waals surface area contributed by atoms with Gasteiger partial charge in [-0.2, -0.15) is 0 Å². The molecule has 3 rings (SSSR count). The van der Waals surface area contributed by atoms with Crippen molar-refractivity contribution in [3.63, 3.8) is 0 Å². The van der Waals surface area contributed by atoms with Crippen LogP contribution in [0.5, 0.6) is 0 Å². The van der Waals surface area contributed by atoms with Gasteiger partial charge in [0.05, 0.1) is 0 Å². The van der Waals surface area contributed by atoms with Crippen molar-refractivity contribution in [3.8, 4) is 0 Å². The second-order valence-corrected chi connectivity index (χ2v) is 5.67. The minimum Gasteiger partial charge on any atom is -0.338 e. The number of amides is 1. The van der Waals surface area contributed by atoms with Crippen LogP contribution in [0.25, 0.3) is 5.57 Å². The molecular formula is C19H20N2O. The molecule has 1 aliphatic heterocycles. The summed E-state index contributed by atoms with van der Waals surface area (Å²) in [5.41, 5.74) is 4.39. The zero-order chi connectivity index (χ0) is 15.4. The predicted molar refractivity (Wildman–Crippen MR) is 88.5 cm³/mol. The van der Waals surface area contributed by atoms with Crippen LogP contribution in [0.3, 0.4) is 0 Å². The first kappa shape index (κ1) is 14.5. The number of benzene rings is 1. The van der Waals surface area contributed by atoms with Crippen molar-refractivity contribution < 1.29 is 4.79 Å². The van der Waals surface area contributed by atoms with E-state index >= 15 is 0 Å². The van der Waals surface area contributed by atoms with Gasteiger partial charge in [0, 0.05) is 31.0 Å². The molecule has 2 aromatic rings. The van der Waals surface area contributed by atoms with Gasteiger partial charge in [-0.3, -0.25) is 9.78 Å². The standard InChI is InChI=1S/C19H20N2O/c1-15-6-8-17(9-7-15)19(22)21-12-3-5-16(10-13-21)18-4-2-11-20-14-18/h2,4-9,11,14H,3,10,12-13H2,1H3. The topological polar surface area (TPSA) is 33.2 Å². The molecule has 3 heteroatoms. The predicted octanol–water partition coefficient (Wildman–Crippen LogP) is 3.71. The van der Waals surface area contributed by atoms with E-state index in [1.807, 2.05) is 48.4 Å². The Balaban J connectivity index is 1.69. The largest absolute Gasteiger partial charge is 0.338 e. The fourth-order valence-corrected chi connectivity index (χ4v) is 2.76. The molecule has 0 saturated heterocycles. The van der Waals surface area contributed by atoms with Crippen LogP contribution in [-0.4, -0.2) is 28.9 Å². The number of aryl methyl sites for hydroxylation is 1. The van der Waals surface area contributed by atoms with E-state index in [1.54, 1.807) is 6.20 Å². The summed E-state index contributed by atoms with van der Waals surface area (Å²) in [6.07, 6.45) is 7.68. The molecule has 1 aromatic carbocycles. The van der Waals surface area contributed by atoms with Crippen LogP contribution in [-0.2, 0) is 0 Å². The molecular weight excluding hydrogens is 272 g/mol. The number of rotatable bonds is 2. The second-order valence-electron chi connectivity index (χ2n) is 5.67. The Morgan fingerprint density at radius 3 is 2.68 bits per heavy atom. The smallest absolute Gasteiger partial charge is 0.253 e. The average molecular weight is 292 g/mol. The number of hydrogen-bond acceptors (Lipinski definition) is 2. The molecule has 1 aliphatic rings. The molecule has 0 radical (unpaired) electrons. The van der Waals surface area contributed by atoms with Crippen molar-refractivity contribution in [3.05, 3.63) is 71.6 Å². The van der Waals surface area contributed by atoms with E-state index in [-0.39, 0.29) is 5.91 Å². The minimum absolute atomic E-state index is 0.126. The van der Waals surface area contributed by atoms with Gasteiger partial charge in [-0.25, -0.2) is 0 Å². The van der Waals surface area contributed by atoms with Crippen LogP contribution in [0.15, 0.2) is 54.9 Å². The van der Waals surface area contributed by atoms with Crippen LogP contribution in [0.2, 0.25) is 0 Å². The van der Waals surface area contributed by atoms with E-state index in [2.05, 4.69) is 17.1 Å². The fourth-order valence-electron chi connectivity index (χ4n) is 2.76. The third-order valence-corrected chi connectivity index (χ3v) is 4.06. The zero-order valence-corrected chi connectivity index (χ0v) is 12.8. The maximum atomic E-state index is 12.6. The molecule has 22 heavy (non-hydrogen) atoms. The summed E-state index contributed by atoms with van der Waals surface area (Å²) in [5.74, 6) is 0.126. The van der Waals surface area contributed by atoms with E-state index in [4.69, 9.17) is 0 Å². The molecule has 3 nitrogen and oxygen atoms in total. The zero-order valence-electron chi connectivity index (χ0n) is 12.8. The highest BCUT2D eigenvalue weighted by atomic mass is 16.2. The van der Waals surface area contributed by atoms with Gasteiger partial charge in [0.25, 0.3) is 5.91 Å². The van der Waals surface area contributed by atoms with Crippen molar-refractivity contribution in [2.45, 2.75) is 19.8 Å². The van der Waals surface area contributed by atoms with E-state index in [0.29, 0.717) is 0 Å². The summed E-state index contributed by atoms with van der Waals surface area (Å²) >= 11 is 0. The first-order valence-electron chi connectivity index (χ1n) is 7.69. The molecule has 0 fully saturated rings. The van der Waals surface area contributed by atoms with E-state index < -0.39 is 0 Å². The summed E-state index contributed by atoms with van der Waals surface area (Å²) in [5, 5.41) is 0. The Kier molecular flexibility index (Phi) is 4.33. The van der Waals surface area contributed by atoms with E-state index in [0.717, 1.165) is 37.1 Å². The van der Waals surface area contributed by atoms with Gasteiger partial charge in [-0.05, 0) is 49.1 Å². The Hall–Kier alpha value is -2.42. The Morgan fingerprint density at radius 2 is 1.95 bits per heavy atom. The van der Waals surface area contributed by atoms with Crippen LogP contribution < -0.4 is 0 Å². The molecule has 1 aromatic heterocycles. The van der Waals surface area contributed by atoms with Gasteiger partial charge in [0.15, 0.2) is 0 Å². The highest BCUT2D eigenvalue weighted by molar-refractivity contribution is 5.94. The summed E-state index contributed by atoms with van der Waals surface area (Å²) in [7, 11) is 0. The molecule has 0 unspecified atom stereocenters. The maximum absolute atomic E-state index is 12.6. The number of pyridine rings is 1. The van der Waals surface area contributed by atoms with Gasteiger partial charge in [0.2, 0.25) is 0 Å². The molecule has 1 amide bonds. The number of carbonyl (C=O) groups is 1. The highest BCUT2D eigenvalue weighted by Crippen LogP contribution is 2.22. The first-order valence-corrected chi connectivity index (χ1v) is 7.69. The van der Waals surface area contributed by atoms with Gasteiger partial charge in [-0.15, -0.1) is 0 Å². The van der Waals surface area contributed by atoms with Gasteiger partial charge in [-0.1, -0.05) is 29.8 Å². The van der Waals surface area contributed by atoms with Crippen molar-refractivity contribution in [2.75, 3.05) is 13.1 Å². The molecule has 0 atom stereocenters. The summed E-state index contributed by atoms with van der Waals surface area (Å²) in [6.45, 7) is 3.56. The molecule has 2 heterocycles. The van der Waals surface area contributed by atoms with Crippen molar-refractivity contribution >= 4 is 11.5 Å². The number of nitrogens with zero attached hydrogens (tertiary/aromatic N) is 2. The lowest BCUT2D eigenvalue weighted by molar-refractivity contribution is 0.0764. The van der Waals surface area contributed by atoms with Gasteiger partial charge in [0.1, 0.15) is 0 Å². The molecule has 0 aliphatic carbocycles. The SMILES string of the molecule is Cc1ccc(C(=O)N2CCC=C(c3cccnc3)CC2)cc1. The maximum Gasteiger partial charge on any atom is 0.253 e. The molecule has 0 bridgehead atoms. The summed E-state index contributed by atoms with van der Waals surface area (Å²) in [4.78, 5) is 18.7. The Morgan fingerprint density at radius 1 is 1.14 bits per heavy atom. The highest BCUT2D eigenvalue weighted by Gasteiger charge is 2.18. The Bertz CT molecular complexity index is 674. The number of hydrogen-bond donors (Lipinski definition) is 0. The van der Waals surface area contributed by atoms with Crippen molar-refractivity contribution in [1.82, 2.24) is 9.88 Å². The lowest BCUT2D eigenvalue weighted by Crippen LogP contribution is -2.32. The van der Waals surface area contributed by atoms with Gasteiger partial charge >= 0.3 is 0 Å². The van der Waals surface area contributed by atoms with E-state index in [1.165, 1.54) is 11.1 Å². The quantitative estimate of drug-likeness (QED) is 0.845. The first-order chi connectivity index (χ1) is 10.7. The lowest BCUT2D eigenvalue weighted by Gasteiger charge is -2.20. The van der Waals surface area contributed by atoms with Crippen LogP contribution in [0, 0.1) is 6.92 Å². The minimum atomic E-state index is 0.126. The van der Waals surface area contributed by atoms with Crippen LogP contribution >= 0.6 is 0 Å². The summed E-state index contributed by atoms with van der Waals surface area (Å²) in [6, 6.07) is 11.8. The summed E-state index contributed by atoms with van der Waals surface area (Å²) < 4.78 is 0. The molecule has 0 N–H and O–H groups in total. The third kappa shape index (κ3) is 3.25. The Labute approximate surface area is 131 Å². The van der Waals surface area contributed by atoms with Crippen molar-refractivity contribution in [2.24, 2.45) is 0 Å². The fraction of sp³-hybridized carbons (Fsp3) is 0.263. The second kappa shape index (κ2) is 6.56. The van der Waals surface area contributed by atoms with Crippen LogP contribution in [0.1, 0.15) is 34.3 Å². The van der Waals surface area contributed by atoms with Gasteiger partial charge < -0.3 is 4.90 Å².